The Labute approximate surface area is 316 Å². The van der Waals surface area contributed by atoms with E-state index in [1.165, 1.54) is 0 Å². The van der Waals surface area contributed by atoms with Crippen LogP contribution in [-0.2, 0) is 26.2 Å². The molecule has 19 nitrogen and oxygen atoms in total. The minimum absolute atomic E-state index is 0.0147. The molecule has 0 radical (unpaired) electrons. The van der Waals surface area contributed by atoms with Gasteiger partial charge in [-0.15, -0.1) is 0 Å². The maximum absolute atomic E-state index is 13.3. The van der Waals surface area contributed by atoms with Crippen LogP contribution >= 0.6 is 0 Å². The van der Waals surface area contributed by atoms with E-state index in [0.29, 0.717) is 38.6 Å². The average Bonchev–Trinajstić information content (AvgIpc) is 3.78. The van der Waals surface area contributed by atoms with Crippen LogP contribution in [0.4, 0.5) is 16.2 Å². The number of fused-ring (bicyclic) bond motifs is 1. The summed E-state index contributed by atoms with van der Waals surface area (Å²) in [5.41, 5.74) is 7.37. The second-order valence-corrected chi connectivity index (χ2v) is 16.1. The highest BCUT2D eigenvalue weighted by Gasteiger charge is 2.56. The number of hydrogen-bond donors (Lipinski definition) is 5. The number of hydrogen-bond acceptors (Lipinski definition) is 14. The number of ether oxygens (including phenoxy) is 1. The van der Waals surface area contributed by atoms with Gasteiger partial charge in [0, 0.05) is 83.1 Å². The van der Waals surface area contributed by atoms with Crippen molar-refractivity contribution in [1.82, 2.24) is 45.3 Å². The van der Waals surface area contributed by atoms with Crippen LogP contribution in [0.3, 0.4) is 0 Å². The maximum Gasteiger partial charge on any atom is 0.410 e. The molecule has 1 spiro atoms. The summed E-state index contributed by atoms with van der Waals surface area (Å²) >= 11 is 0. The van der Waals surface area contributed by atoms with Crippen molar-refractivity contribution in [1.29, 1.82) is 0 Å². The summed E-state index contributed by atoms with van der Waals surface area (Å²) in [5, 5.41) is 16.7. The first kappa shape index (κ1) is 35.6. The number of piperazine rings is 1. The van der Waals surface area contributed by atoms with Gasteiger partial charge in [0.25, 0.3) is 11.8 Å². The topological polar surface area (TPSA) is 220 Å². The number of nitrogens with zero attached hydrogens (tertiary/aromatic N) is 7. The molecule has 6 saturated heterocycles. The van der Waals surface area contributed by atoms with Crippen molar-refractivity contribution in [3.05, 3.63) is 41.7 Å². The highest BCUT2D eigenvalue weighted by Crippen LogP contribution is 2.38. The summed E-state index contributed by atoms with van der Waals surface area (Å²) in [5.74, 6) is -2.10. The van der Waals surface area contributed by atoms with Crippen LogP contribution in [0.15, 0.2) is 30.6 Å². The number of imide groups is 2. The zero-order valence-corrected chi connectivity index (χ0v) is 30.6. The standard InChI is InChI=1S/C36H46N12O7/c1-43-15-21(10-39-43)40-31-29(30(37)50)38-11-27(41-31)45-8-2-3-23(16-45)47-19-36(55-35(47)54)17-44(18-36)12-20-13-46(14-20)22-4-5-24-25(9-22)34(53)48(33(24)52)26-6-7-28(49)42-32(26)51/h4-5,9-10,15,20,23,26-27,29,31,38,40-41H,2-3,6-8,11-14,16-19H2,1H3,(H2,37,50)(H,42,49,51)/t23-,26+,27?,29?,31?/m1/s1. The molecule has 0 aliphatic carbocycles. The number of primary amides is 1. The fourth-order valence-electron chi connectivity index (χ4n) is 9.45. The highest BCUT2D eigenvalue weighted by atomic mass is 16.6. The van der Waals surface area contributed by atoms with Crippen LogP contribution in [0.25, 0.3) is 0 Å². The summed E-state index contributed by atoms with van der Waals surface area (Å²) in [6.07, 6.45) is 4.77. The number of nitrogens with two attached hydrogens (primary N) is 1. The van der Waals surface area contributed by atoms with Crippen molar-refractivity contribution in [3.8, 4) is 0 Å². The number of piperidine rings is 2. The van der Waals surface area contributed by atoms with Crippen LogP contribution in [0.2, 0.25) is 0 Å². The summed E-state index contributed by atoms with van der Waals surface area (Å²) in [6.45, 7) is 6.42. The molecular weight excluding hydrogens is 712 g/mol. The number of likely N-dealkylation sites (tertiary alicyclic amines) is 2. The van der Waals surface area contributed by atoms with E-state index in [1.54, 1.807) is 23.0 Å². The molecule has 8 heterocycles. The number of aromatic nitrogens is 2. The third-order valence-electron chi connectivity index (χ3n) is 12.2. The van der Waals surface area contributed by atoms with Gasteiger partial charge < -0.3 is 26.0 Å². The molecule has 7 aliphatic heterocycles. The van der Waals surface area contributed by atoms with E-state index in [0.717, 1.165) is 55.3 Å². The molecule has 55 heavy (non-hydrogen) atoms. The molecule has 6 amide bonds. The van der Waals surface area contributed by atoms with Crippen LogP contribution in [0.5, 0.6) is 0 Å². The Morgan fingerprint density at radius 3 is 2.60 bits per heavy atom. The fourth-order valence-corrected chi connectivity index (χ4v) is 9.45. The zero-order valence-electron chi connectivity index (χ0n) is 30.6. The number of carbonyl (C=O) groups excluding carboxylic acids is 6. The molecule has 5 atom stereocenters. The van der Waals surface area contributed by atoms with Crippen molar-refractivity contribution < 1.29 is 33.5 Å². The lowest BCUT2D eigenvalue weighted by atomic mass is 9.89. The average molecular weight is 759 g/mol. The Bertz CT molecular complexity index is 1940. The van der Waals surface area contributed by atoms with E-state index < -0.39 is 53.4 Å². The largest absolute Gasteiger partial charge is 0.438 e. The molecule has 2 aromatic rings. The molecular formula is C36H46N12O7. The Morgan fingerprint density at radius 1 is 1.05 bits per heavy atom. The SMILES string of the molecule is Cn1cc(NC2NC(N3CCC[C@@H](N4CC5(CN(CC6CN(c7ccc8c(c7)C(=O)N([C@H]7CCC(=O)NC7=O)C8=O)C6)C5)OC4=O)C3)CNC2C(N)=O)cn1. The van der Waals surface area contributed by atoms with Gasteiger partial charge in [0.05, 0.1) is 35.7 Å². The van der Waals surface area contributed by atoms with Crippen LogP contribution in [0.1, 0.15) is 46.4 Å². The second-order valence-electron chi connectivity index (χ2n) is 16.1. The number of anilines is 2. The summed E-state index contributed by atoms with van der Waals surface area (Å²) in [7, 11) is 1.83. The monoisotopic (exact) mass is 758 g/mol. The molecule has 292 valence electrons. The number of nitrogens with one attached hydrogen (secondary N) is 4. The van der Waals surface area contributed by atoms with E-state index in [1.807, 2.05) is 24.2 Å². The molecule has 3 unspecified atom stereocenters. The fraction of sp³-hybridized carbons (Fsp3) is 0.583. The molecule has 1 aromatic carbocycles. The predicted octanol–water partition coefficient (Wildman–Crippen LogP) is -1.96. The summed E-state index contributed by atoms with van der Waals surface area (Å²) < 4.78 is 7.74. The number of benzene rings is 1. The van der Waals surface area contributed by atoms with Crippen LogP contribution < -0.4 is 31.9 Å². The van der Waals surface area contributed by atoms with E-state index in [2.05, 4.69) is 41.1 Å². The molecule has 1 aromatic heterocycles. The van der Waals surface area contributed by atoms with Gasteiger partial charge in [0.15, 0.2) is 5.60 Å². The summed E-state index contributed by atoms with van der Waals surface area (Å²) in [6, 6.07) is 3.63. The van der Waals surface area contributed by atoms with Gasteiger partial charge in [-0.3, -0.25) is 58.9 Å². The maximum atomic E-state index is 13.3. The molecule has 0 saturated carbocycles. The van der Waals surface area contributed by atoms with Gasteiger partial charge in [-0.1, -0.05) is 0 Å². The Morgan fingerprint density at radius 2 is 1.85 bits per heavy atom. The van der Waals surface area contributed by atoms with Crippen molar-refractivity contribution >= 4 is 47.0 Å². The van der Waals surface area contributed by atoms with Crippen LogP contribution in [0, 0.1) is 5.92 Å². The first-order valence-corrected chi connectivity index (χ1v) is 19.0. The first-order valence-electron chi connectivity index (χ1n) is 19.0. The molecule has 0 bridgehead atoms. The summed E-state index contributed by atoms with van der Waals surface area (Å²) in [4.78, 5) is 85.6. The minimum atomic E-state index is -0.990. The Hall–Kier alpha value is -5.11. The molecule has 19 heteroatoms. The minimum Gasteiger partial charge on any atom is -0.438 e. The lowest BCUT2D eigenvalue weighted by Crippen LogP contribution is -2.71. The van der Waals surface area contributed by atoms with Gasteiger partial charge >= 0.3 is 6.09 Å². The lowest BCUT2D eigenvalue weighted by molar-refractivity contribution is -0.136. The van der Waals surface area contributed by atoms with E-state index in [4.69, 9.17) is 10.5 Å². The molecule has 9 rings (SSSR count). The lowest BCUT2D eigenvalue weighted by Gasteiger charge is -2.50. The van der Waals surface area contributed by atoms with Crippen LogP contribution in [-0.4, -0.2) is 160 Å². The predicted molar refractivity (Wildman–Crippen MR) is 194 cm³/mol. The third kappa shape index (κ3) is 6.47. The van der Waals surface area contributed by atoms with Gasteiger partial charge in [-0.25, -0.2) is 4.79 Å². The Kier molecular flexibility index (Phi) is 8.78. The van der Waals surface area contributed by atoms with E-state index >= 15 is 0 Å². The number of amides is 6. The van der Waals surface area contributed by atoms with Gasteiger partial charge in [-0.05, 0) is 44.0 Å². The first-order chi connectivity index (χ1) is 26.4. The van der Waals surface area contributed by atoms with Gasteiger partial charge in [-0.2, -0.15) is 5.10 Å². The van der Waals surface area contributed by atoms with Crippen molar-refractivity contribution in [3.63, 3.8) is 0 Å². The van der Waals surface area contributed by atoms with Crippen molar-refractivity contribution in [2.24, 2.45) is 18.7 Å². The smallest absolute Gasteiger partial charge is 0.410 e. The normalized spacial score (nSPS) is 29.9. The second kappa shape index (κ2) is 13.6. The number of carbonyl (C=O) groups is 6. The molecule has 6 fully saturated rings. The van der Waals surface area contributed by atoms with Gasteiger partial charge in [0.2, 0.25) is 17.7 Å². The zero-order chi connectivity index (χ0) is 38.2. The Balaban J connectivity index is 0.753. The quantitative estimate of drug-likeness (QED) is 0.176. The van der Waals surface area contributed by atoms with Crippen molar-refractivity contribution in [2.75, 3.05) is 69.1 Å². The number of rotatable bonds is 9. The highest BCUT2D eigenvalue weighted by molar-refractivity contribution is 6.23. The van der Waals surface area contributed by atoms with E-state index in [-0.39, 0.29) is 42.3 Å². The molecule has 7 aliphatic rings. The van der Waals surface area contributed by atoms with Gasteiger partial charge in [0.1, 0.15) is 18.2 Å². The van der Waals surface area contributed by atoms with E-state index in [9.17, 15) is 28.8 Å². The molecule has 6 N–H and O–H groups in total. The number of aryl methyl sites for hydroxylation is 1. The third-order valence-corrected chi connectivity index (χ3v) is 12.2. The van der Waals surface area contributed by atoms with Crippen molar-refractivity contribution in [2.45, 2.75) is 61.7 Å².